The van der Waals surface area contributed by atoms with E-state index in [1.165, 1.54) is 23.1 Å². The quantitative estimate of drug-likeness (QED) is 0.742. The minimum atomic E-state index is -0.122. The third kappa shape index (κ3) is 1.96. The topological polar surface area (TPSA) is 76.2 Å². The molecule has 6 nitrogen and oxygen atoms in total. The van der Waals surface area contributed by atoms with E-state index in [1.807, 2.05) is 6.20 Å². The van der Waals surface area contributed by atoms with E-state index in [1.54, 1.807) is 0 Å². The maximum absolute atomic E-state index is 11.7. The molecule has 2 aliphatic heterocycles. The molecule has 0 amide bonds. The maximum atomic E-state index is 11.7. The molecular weight excluding hydrogens is 230 g/mol. The van der Waals surface area contributed by atoms with Crippen molar-refractivity contribution >= 4 is 5.91 Å². The second kappa shape index (κ2) is 4.79. The number of piperidine rings is 1. The van der Waals surface area contributed by atoms with Gasteiger partial charge in [-0.2, -0.15) is 5.10 Å². The smallest absolute Gasteiger partial charge is 0.260 e. The van der Waals surface area contributed by atoms with Gasteiger partial charge in [0.25, 0.3) is 5.91 Å². The van der Waals surface area contributed by atoms with Crippen molar-refractivity contribution in [3.63, 3.8) is 0 Å². The number of fused-ring (bicyclic) bond motifs is 1. The lowest BCUT2D eigenvalue weighted by molar-refractivity contribution is 0.0898. The summed E-state index contributed by atoms with van der Waals surface area (Å²) in [7, 11) is 0. The van der Waals surface area contributed by atoms with E-state index in [4.69, 9.17) is 5.73 Å². The highest BCUT2D eigenvalue weighted by molar-refractivity contribution is 5.80. The number of hydrogen-bond acceptors (Lipinski definition) is 5. The molecule has 1 fully saturated rings. The van der Waals surface area contributed by atoms with Crippen molar-refractivity contribution in [2.24, 2.45) is 5.73 Å². The van der Waals surface area contributed by atoms with Crippen molar-refractivity contribution in [3.05, 3.63) is 17.5 Å². The van der Waals surface area contributed by atoms with Gasteiger partial charge in [0.15, 0.2) is 0 Å². The van der Waals surface area contributed by atoms with Gasteiger partial charge in [0.1, 0.15) is 0 Å². The van der Waals surface area contributed by atoms with Crippen molar-refractivity contribution in [1.82, 2.24) is 20.0 Å². The van der Waals surface area contributed by atoms with E-state index in [-0.39, 0.29) is 12.5 Å². The largest absolute Gasteiger partial charge is 0.322 e. The van der Waals surface area contributed by atoms with Crippen LogP contribution >= 0.6 is 0 Å². The van der Waals surface area contributed by atoms with E-state index in [9.17, 15) is 4.79 Å². The number of nitrogens with zero attached hydrogens (tertiary/aromatic N) is 3. The van der Waals surface area contributed by atoms with Gasteiger partial charge in [0, 0.05) is 24.7 Å². The molecule has 0 atom stereocenters. The number of carbonyl (C=O) groups is 1. The van der Waals surface area contributed by atoms with Crippen LogP contribution in [-0.4, -0.2) is 46.3 Å². The van der Waals surface area contributed by atoms with Crippen LogP contribution in [0.1, 0.15) is 28.9 Å². The molecule has 0 unspecified atom stereocenters. The third-order valence-corrected chi connectivity index (χ3v) is 3.92. The van der Waals surface area contributed by atoms with E-state index in [0.29, 0.717) is 6.04 Å². The Labute approximate surface area is 106 Å². The Morgan fingerprint density at radius 1 is 1.44 bits per heavy atom. The van der Waals surface area contributed by atoms with E-state index in [2.05, 4.69) is 15.3 Å². The van der Waals surface area contributed by atoms with Crippen molar-refractivity contribution in [2.75, 3.05) is 19.6 Å². The molecule has 0 radical (unpaired) electrons. The van der Waals surface area contributed by atoms with Crippen molar-refractivity contribution in [2.45, 2.75) is 32.0 Å². The molecule has 1 aromatic heterocycles. The molecule has 18 heavy (non-hydrogen) atoms. The zero-order valence-corrected chi connectivity index (χ0v) is 10.4. The van der Waals surface area contributed by atoms with Crippen LogP contribution < -0.4 is 11.1 Å². The van der Waals surface area contributed by atoms with Gasteiger partial charge in [-0.15, -0.1) is 0 Å². The van der Waals surface area contributed by atoms with Gasteiger partial charge in [0.2, 0.25) is 0 Å². The molecule has 0 aliphatic carbocycles. The van der Waals surface area contributed by atoms with Gasteiger partial charge >= 0.3 is 0 Å². The van der Waals surface area contributed by atoms with Crippen molar-refractivity contribution < 1.29 is 4.79 Å². The fourth-order valence-electron chi connectivity index (χ4n) is 2.91. The van der Waals surface area contributed by atoms with Gasteiger partial charge in [-0.1, -0.05) is 0 Å². The van der Waals surface area contributed by atoms with Crippen molar-refractivity contribution in [1.29, 1.82) is 0 Å². The summed E-state index contributed by atoms with van der Waals surface area (Å²) in [6.45, 7) is 3.93. The Balaban J connectivity index is 1.75. The fourth-order valence-corrected chi connectivity index (χ4v) is 2.91. The highest BCUT2D eigenvalue weighted by Gasteiger charge is 2.30. The average Bonchev–Trinajstić information content (AvgIpc) is 2.98. The highest BCUT2D eigenvalue weighted by atomic mass is 16.2. The van der Waals surface area contributed by atoms with E-state index < -0.39 is 0 Å². The molecular formula is C12H19N5O. The Bertz CT molecular complexity index is 449. The number of carbonyl (C=O) groups excluding carboxylic acids is 1. The second-order valence-corrected chi connectivity index (χ2v) is 5.01. The Hall–Kier alpha value is -1.24. The lowest BCUT2D eigenvalue weighted by Gasteiger charge is -2.31. The lowest BCUT2D eigenvalue weighted by atomic mass is 10.1. The fraction of sp³-hybridized carbons (Fsp3) is 0.667. The molecule has 1 saturated heterocycles. The number of aromatic nitrogens is 2. The van der Waals surface area contributed by atoms with Crippen LogP contribution in [0.25, 0.3) is 0 Å². The van der Waals surface area contributed by atoms with Crippen molar-refractivity contribution in [3.8, 4) is 0 Å². The first kappa shape index (κ1) is 11.8. The maximum Gasteiger partial charge on any atom is 0.260 e. The van der Waals surface area contributed by atoms with Crippen LogP contribution in [0.4, 0.5) is 0 Å². The first-order valence-corrected chi connectivity index (χ1v) is 6.53. The first-order valence-electron chi connectivity index (χ1n) is 6.53. The van der Waals surface area contributed by atoms with Crippen LogP contribution in [0, 0.1) is 0 Å². The predicted octanol–water partition coefficient (Wildman–Crippen LogP) is -0.450. The number of nitrogens with one attached hydrogen (secondary N) is 1. The second-order valence-electron chi connectivity index (χ2n) is 5.01. The normalized spacial score (nSPS) is 21.2. The Kier molecular flexibility index (Phi) is 3.15. The molecule has 2 aliphatic rings. The molecule has 6 heteroatoms. The van der Waals surface area contributed by atoms with Gasteiger partial charge in [-0.05, 0) is 25.9 Å². The first-order chi connectivity index (χ1) is 8.79. The van der Waals surface area contributed by atoms with Crippen LogP contribution in [0.3, 0.4) is 0 Å². The highest BCUT2D eigenvalue weighted by Crippen LogP contribution is 2.27. The standard InChI is InChI=1S/C12H19N5O/c13-5-12(18)17-11-8-16(7-9(11)6-15-17)10-1-3-14-4-2-10/h6,10,14H,1-5,7-8,13H2. The molecule has 0 aromatic carbocycles. The summed E-state index contributed by atoms with van der Waals surface area (Å²) in [6.07, 6.45) is 4.18. The van der Waals surface area contributed by atoms with Gasteiger partial charge in [-0.25, -0.2) is 4.68 Å². The summed E-state index contributed by atoms with van der Waals surface area (Å²) < 4.78 is 1.48. The summed E-state index contributed by atoms with van der Waals surface area (Å²) in [4.78, 5) is 14.1. The van der Waals surface area contributed by atoms with Gasteiger partial charge < -0.3 is 11.1 Å². The third-order valence-electron chi connectivity index (χ3n) is 3.92. The van der Waals surface area contributed by atoms with Crippen LogP contribution in [-0.2, 0) is 13.1 Å². The summed E-state index contributed by atoms with van der Waals surface area (Å²) in [6, 6.07) is 0.625. The molecule has 3 heterocycles. The molecule has 0 spiro atoms. The van der Waals surface area contributed by atoms with E-state index in [0.717, 1.165) is 31.9 Å². The predicted molar refractivity (Wildman–Crippen MR) is 67.0 cm³/mol. The lowest BCUT2D eigenvalue weighted by Crippen LogP contribution is -2.40. The van der Waals surface area contributed by atoms with Crippen LogP contribution in [0.2, 0.25) is 0 Å². The summed E-state index contributed by atoms with van der Waals surface area (Å²) in [5.41, 5.74) is 7.61. The minimum absolute atomic E-state index is 0.0153. The SMILES string of the molecule is NCC(=O)n1ncc2c1CN(C1CCNCC1)C2. The number of rotatable bonds is 2. The summed E-state index contributed by atoms with van der Waals surface area (Å²) in [5.74, 6) is -0.122. The number of nitrogens with two attached hydrogens (primary N) is 1. The molecule has 98 valence electrons. The average molecular weight is 249 g/mol. The summed E-state index contributed by atoms with van der Waals surface area (Å²) >= 11 is 0. The van der Waals surface area contributed by atoms with Crippen LogP contribution in [0.5, 0.6) is 0 Å². The minimum Gasteiger partial charge on any atom is -0.322 e. The summed E-state index contributed by atoms with van der Waals surface area (Å²) in [5, 5.41) is 7.51. The van der Waals surface area contributed by atoms with Gasteiger partial charge in [-0.3, -0.25) is 9.69 Å². The molecule has 0 bridgehead atoms. The molecule has 3 rings (SSSR count). The molecule has 3 N–H and O–H groups in total. The van der Waals surface area contributed by atoms with Gasteiger partial charge in [0.05, 0.1) is 18.4 Å². The monoisotopic (exact) mass is 249 g/mol. The number of hydrogen-bond donors (Lipinski definition) is 2. The molecule has 1 aromatic rings. The zero-order chi connectivity index (χ0) is 12.5. The Morgan fingerprint density at radius 2 is 2.22 bits per heavy atom. The Morgan fingerprint density at radius 3 is 2.94 bits per heavy atom. The zero-order valence-electron chi connectivity index (χ0n) is 10.4. The van der Waals surface area contributed by atoms with Crippen LogP contribution in [0.15, 0.2) is 6.20 Å². The molecule has 0 saturated carbocycles. The van der Waals surface area contributed by atoms with E-state index >= 15 is 0 Å².